The fourth-order valence-corrected chi connectivity index (χ4v) is 4.06. The highest BCUT2D eigenvalue weighted by Gasteiger charge is 2.34. The molecule has 1 aliphatic rings. The van der Waals surface area contributed by atoms with Crippen molar-refractivity contribution >= 4 is 11.0 Å². The van der Waals surface area contributed by atoms with Gasteiger partial charge >= 0.3 is 6.18 Å². The van der Waals surface area contributed by atoms with Crippen LogP contribution in [-0.4, -0.2) is 29.7 Å². The molecule has 34 heavy (non-hydrogen) atoms. The molecule has 7 nitrogen and oxygen atoms in total. The minimum atomic E-state index is -4.53. The molecular formula is C23H20F4N6O. The summed E-state index contributed by atoms with van der Waals surface area (Å²) in [5.41, 5.74) is 0.750. The van der Waals surface area contributed by atoms with Crippen molar-refractivity contribution in [3.05, 3.63) is 81.3 Å². The van der Waals surface area contributed by atoms with E-state index in [0.29, 0.717) is 40.2 Å². The van der Waals surface area contributed by atoms with Crippen molar-refractivity contribution in [2.24, 2.45) is 0 Å². The van der Waals surface area contributed by atoms with Crippen LogP contribution in [-0.2, 0) is 12.6 Å². The molecule has 4 aromatic rings. The minimum Gasteiger partial charge on any atom is -0.310 e. The molecule has 0 bridgehead atoms. The number of halogens is 4. The second-order valence-corrected chi connectivity index (χ2v) is 8.36. The Morgan fingerprint density at radius 1 is 1.15 bits per heavy atom. The molecule has 0 aliphatic heterocycles. The van der Waals surface area contributed by atoms with E-state index in [4.69, 9.17) is 5.10 Å². The van der Waals surface area contributed by atoms with E-state index in [1.807, 2.05) is 6.92 Å². The van der Waals surface area contributed by atoms with Gasteiger partial charge in [-0.1, -0.05) is 13.0 Å². The molecule has 0 spiro atoms. The van der Waals surface area contributed by atoms with Gasteiger partial charge in [0.2, 0.25) is 0 Å². The zero-order valence-corrected chi connectivity index (χ0v) is 18.1. The highest BCUT2D eigenvalue weighted by molar-refractivity contribution is 5.78. The lowest BCUT2D eigenvalue weighted by atomic mass is 10.1. The molecule has 0 radical (unpaired) electrons. The number of hydrogen-bond acceptors (Lipinski definition) is 5. The Morgan fingerprint density at radius 3 is 2.53 bits per heavy atom. The molecule has 4 heterocycles. The van der Waals surface area contributed by atoms with E-state index in [1.54, 1.807) is 4.68 Å². The van der Waals surface area contributed by atoms with Crippen LogP contribution in [0, 0.1) is 5.82 Å². The van der Waals surface area contributed by atoms with Gasteiger partial charge in [-0.3, -0.25) is 14.8 Å². The van der Waals surface area contributed by atoms with Gasteiger partial charge in [0.25, 0.3) is 5.56 Å². The number of aromatic nitrogens is 6. The SMILES string of the molecule is CC[C@H](c1ccc(C(F)(F)F)nc1)n1nc(C2CC2)c2c(=O)[nH]c(Cc3ccc(F)cn3)nc21. The van der Waals surface area contributed by atoms with Gasteiger partial charge in [0, 0.05) is 24.2 Å². The molecule has 0 saturated heterocycles. The van der Waals surface area contributed by atoms with Crippen molar-refractivity contribution < 1.29 is 17.6 Å². The zero-order valence-electron chi connectivity index (χ0n) is 18.1. The van der Waals surface area contributed by atoms with Crippen molar-refractivity contribution in [2.45, 2.75) is 50.7 Å². The molecule has 176 valence electrons. The normalized spacial score (nSPS) is 15.1. The Morgan fingerprint density at radius 2 is 1.94 bits per heavy atom. The van der Waals surface area contributed by atoms with Crippen LogP contribution in [0.2, 0.25) is 0 Å². The van der Waals surface area contributed by atoms with E-state index in [-0.39, 0.29) is 17.9 Å². The number of pyridine rings is 2. The summed E-state index contributed by atoms with van der Waals surface area (Å²) in [4.78, 5) is 28.1. The van der Waals surface area contributed by atoms with Gasteiger partial charge in [0.1, 0.15) is 22.7 Å². The summed E-state index contributed by atoms with van der Waals surface area (Å²) in [7, 11) is 0. The largest absolute Gasteiger partial charge is 0.433 e. The minimum absolute atomic E-state index is 0.152. The summed E-state index contributed by atoms with van der Waals surface area (Å²) in [6.07, 6.45) is 0.238. The van der Waals surface area contributed by atoms with Gasteiger partial charge in [-0.25, -0.2) is 14.1 Å². The lowest BCUT2D eigenvalue weighted by molar-refractivity contribution is -0.141. The Kier molecular flexibility index (Phi) is 5.41. The number of fused-ring (bicyclic) bond motifs is 1. The molecule has 1 fully saturated rings. The van der Waals surface area contributed by atoms with Gasteiger partial charge in [-0.2, -0.15) is 18.3 Å². The lowest BCUT2D eigenvalue weighted by Gasteiger charge is -2.17. The predicted octanol–water partition coefficient (Wildman–Crippen LogP) is 4.54. The molecule has 1 atom stereocenters. The highest BCUT2D eigenvalue weighted by atomic mass is 19.4. The van der Waals surface area contributed by atoms with E-state index < -0.39 is 23.7 Å². The van der Waals surface area contributed by atoms with Gasteiger partial charge in [-0.15, -0.1) is 0 Å². The molecule has 5 rings (SSSR count). The Hall–Kier alpha value is -3.63. The Balaban J connectivity index is 1.60. The smallest absolute Gasteiger partial charge is 0.310 e. The second-order valence-electron chi connectivity index (χ2n) is 8.36. The number of hydrogen-bond donors (Lipinski definition) is 1. The van der Waals surface area contributed by atoms with E-state index in [0.717, 1.165) is 25.1 Å². The quantitative estimate of drug-likeness (QED) is 0.417. The maximum Gasteiger partial charge on any atom is 0.433 e. The summed E-state index contributed by atoms with van der Waals surface area (Å²) in [5.74, 6) is 0.0174. The first-order valence-electron chi connectivity index (χ1n) is 10.9. The van der Waals surface area contributed by atoms with E-state index >= 15 is 0 Å². The third kappa shape index (κ3) is 4.17. The van der Waals surface area contributed by atoms with Gasteiger partial charge < -0.3 is 4.98 Å². The van der Waals surface area contributed by atoms with Crippen LogP contribution in [0.3, 0.4) is 0 Å². The molecular weight excluding hydrogens is 452 g/mol. The Bertz CT molecular complexity index is 1390. The van der Waals surface area contributed by atoms with Gasteiger partial charge in [-0.05, 0) is 43.0 Å². The predicted molar refractivity (Wildman–Crippen MR) is 115 cm³/mol. The van der Waals surface area contributed by atoms with E-state index in [1.165, 1.54) is 24.4 Å². The number of aromatic amines is 1. The third-order valence-corrected chi connectivity index (χ3v) is 5.88. The fourth-order valence-electron chi connectivity index (χ4n) is 4.06. The number of nitrogens with one attached hydrogen (secondary N) is 1. The van der Waals surface area contributed by atoms with Gasteiger partial charge in [0.05, 0.1) is 17.9 Å². The maximum absolute atomic E-state index is 13.2. The molecule has 0 aromatic carbocycles. The monoisotopic (exact) mass is 472 g/mol. The maximum atomic E-state index is 13.2. The average molecular weight is 472 g/mol. The summed E-state index contributed by atoms with van der Waals surface area (Å²) in [6, 6.07) is 4.65. The average Bonchev–Trinajstić information content (AvgIpc) is 3.57. The first-order chi connectivity index (χ1) is 16.2. The molecule has 0 unspecified atom stereocenters. The molecule has 11 heteroatoms. The summed E-state index contributed by atoms with van der Waals surface area (Å²) in [5, 5.41) is 5.10. The van der Waals surface area contributed by atoms with Crippen LogP contribution < -0.4 is 5.56 Å². The van der Waals surface area contributed by atoms with E-state index in [2.05, 4.69) is 19.9 Å². The highest BCUT2D eigenvalue weighted by Crippen LogP contribution is 2.42. The molecule has 1 aliphatic carbocycles. The Labute approximate surface area is 190 Å². The standard InChI is InChI=1S/C23H20F4N6O/c1-2-16(13-5-8-17(29-10-13)23(25,26)27)33-21-19(20(32-33)12-3-4-12)22(34)31-18(30-21)9-15-7-6-14(24)11-28-15/h5-8,10-12,16H,2-4,9H2,1H3,(H,30,31,34)/t16-/m1/s1. The lowest BCUT2D eigenvalue weighted by Crippen LogP contribution is -2.17. The molecule has 4 aromatic heterocycles. The summed E-state index contributed by atoms with van der Waals surface area (Å²) < 4.78 is 53.7. The fraction of sp³-hybridized carbons (Fsp3) is 0.348. The van der Waals surface area contributed by atoms with Crippen LogP contribution in [0.15, 0.2) is 41.5 Å². The summed E-state index contributed by atoms with van der Waals surface area (Å²) in [6.45, 7) is 1.88. The number of H-pyrrole nitrogens is 1. The molecule has 0 amide bonds. The van der Waals surface area contributed by atoms with Crippen LogP contribution in [0.5, 0.6) is 0 Å². The zero-order chi connectivity index (χ0) is 24.0. The van der Waals surface area contributed by atoms with Crippen LogP contribution in [0.4, 0.5) is 17.6 Å². The topological polar surface area (TPSA) is 89.4 Å². The third-order valence-electron chi connectivity index (χ3n) is 5.88. The number of rotatable bonds is 6. The van der Waals surface area contributed by atoms with Gasteiger partial charge in [0.15, 0.2) is 5.65 Å². The first kappa shape index (κ1) is 22.2. The molecule has 1 saturated carbocycles. The van der Waals surface area contributed by atoms with Crippen molar-refractivity contribution in [3.8, 4) is 0 Å². The van der Waals surface area contributed by atoms with E-state index in [9.17, 15) is 22.4 Å². The van der Waals surface area contributed by atoms with Crippen LogP contribution >= 0.6 is 0 Å². The number of nitrogens with zero attached hydrogens (tertiary/aromatic N) is 5. The van der Waals surface area contributed by atoms with Crippen molar-refractivity contribution in [2.75, 3.05) is 0 Å². The molecule has 1 N–H and O–H groups in total. The van der Waals surface area contributed by atoms with Crippen LogP contribution in [0.25, 0.3) is 11.0 Å². The van der Waals surface area contributed by atoms with Crippen molar-refractivity contribution in [1.82, 2.24) is 29.7 Å². The second kappa shape index (κ2) is 8.30. The van der Waals surface area contributed by atoms with Crippen molar-refractivity contribution in [3.63, 3.8) is 0 Å². The van der Waals surface area contributed by atoms with Crippen LogP contribution in [0.1, 0.15) is 66.6 Å². The number of alkyl halides is 3. The van der Waals surface area contributed by atoms with Crippen molar-refractivity contribution in [1.29, 1.82) is 0 Å². The first-order valence-corrected chi connectivity index (χ1v) is 10.9. The summed E-state index contributed by atoms with van der Waals surface area (Å²) >= 11 is 0.